The number of halogens is 8. The van der Waals surface area contributed by atoms with Gasteiger partial charge >= 0.3 is 127 Å². The van der Waals surface area contributed by atoms with Crippen LogP contribution in [-0.4, -0.2) is 96.3 Å². The molecule has 0 heterocycles. The van der Waals surface area contributed by atoms with Crippen molar-refractivity contribution in [3.8, 4) is 34.5 Å². The second-order valence-corrected chi connectivity index (χ2v) is 15.6. The number of carbonyl (C=O) groups excluding carboxylic acids is 3. The summed E-state index contributed by atoms with van der Waals surface area (Å²) in [5, 5.41) is 39.5. The molecule has 4 N–H and O–H groups in total. The topological polar surface area (TPSA) is 202 Å². The van der Waals surface area contributed by atoms with Crippen LogP contribution < -0.4 is 128 Å². The maximum atomic E-state index is 12.2. The second-order valence-electron chi connectivity index (χ2n) is 14.8. The largest absolute Gasteiger partial charge is 1.00 e. The molecule has 0 atom stereocenters. The zero-order valence-corrected chi connectivity index (χ0v) is 46.1. The van der Waals surface area contributed by atoms with Gasteiger partial charge in [0.15, 0.2) is 13.2 Å². The van der Waals surface area contributed by atoms with Crippen LogP contribution >= 0.6 is 15.9 Å². The van der Waals surface area contributed by atoms with Crippen LogP contribution in [0.15, 0.2) is 36.4 Å². The molecule has 0 saturated heterocycles. The molecule has 0 aliphatic carbocycles. The first-order chi connectivity index (χ1) is 29.6. The number of phenols is 3. The maximum Gasteiger partial charge on any atom is 1.00 e. The van der Waals surface area contributed by atoms with Crippen molar-refractivity contribution in [1.82, 2.24) is 5.32 Å². The monoisotopic (exact) mass is 1070 g/mol. The van der Waals surface area contributed by atoms with E-state index in [1.54, 1.807) is 20.8 Å². The maximum absolute atomic E-state index is 12.2. The standard InChI is InChI=1S/C19H28F3NO5.C12H23BrO2.C8H7F3O3.CH3F.CH2O3.2K.H/c1-18(2,3)28-17(25)23-8-6-4-5-7-9-26-15-10-14(24)11-16(12-15)27-13-19(20,21)22;1-12(2,3)15-11(14)9-7-5-4-6-8-10-13;9-8(10,11)4-14-7-2-5(12)1-6(13)3-7;1-2;2-1-4-3;;;/h10-12,24H,4-9,13H2,1-3H3,(H,23,25);4-10H2,1-3H3;1-3,12-13H,4H2;1H3;1,3H;;;/q;;;;;2*+1;-1/p-1/i;;;1D;;;;. The number of ether oxygens (including phenoxy) is 5. The van der Waals surface area contributed by atoms with Gasteiger partial charge in [-0.3, -0.25) is 14.0 Å². The fourth-order valence-corrected chi connectivity index (χ4v) is 4.66. The van der Waals surface area contributed by atoms with Gasteiger partial charge in [-0.25, -0.2) is 4.79 Å². The van der Waals surface area contributed by atoms with Gasteiger partial charge in [-0.15, -0.1) is 0 Å². The number of amides is 1. The Morgan fingerprint density at radius 3 is 1.51 bits per heavy atom. The summed E-state index contributed by atoms with van der Waals surface area (Å²) >= 11 is 3.40. The van der Waals surface area contributed by atoms with Crippen LogP contribution in [0.4, 0.5) is 35.5 Å². The Hall–Kier alpha value is -1.33. The molecule has 2 rings (SSSR count). The molecule has 0 radical (unpaired) electrons. The van der Waals surface area contributed by atoms with Gasteiger partial charge in [-0.05, 0) is 67.2 Å². The molecule has 0 spiro atoms. The van der Waals surface area contributed by atoms with Gasteiger partial charge in [0.25, 0.3) is 6.47 Å². The minimum absolute atomic E-state index is 0. The third-order valence-electron chi connectivity index (χ3n) is 6.53. The predicted molar refractivity (Wildman–Crippen MR) is 222 cm³/mol. The minimum atomic E-state index is -4.45. The normalized spacial score (nSPS) is 10.8. The van der Waals surface area contributed by atoms with Gasteiger partial charge < -0.3 is 55.9 Å². The molecule has 14 nitrogen and oxygen atoms in total. The van der Waals surface area contributed by atoms with Crippen molar-refractivity contribution in [3.05, 3.63) is 36.4 Å². The number of carbonyl (C=O) groups is 3. The van der Waals surface area contributed by atoms with Gasteiger partial charge in [0.1, 0.15) is 45.7 Å². The molecule has 24 heteroatoms. The zero-order chi connectivity index (χ0) is 49.8. The Kier molecular flexibility index (Phi) is 45.0. The van der Waals surface area contributed by atoms with Gasteiger partial charge in [0, 0.05) is 54.7 Å². The number of phenolic OH excluding ortho intramolecular Hbond substituents is 3. The number of hydrogen-bond acceptors (Lipinski definition) is 13. The first-order valence-corrected chi connectivity index (χ1v) is 20.4. The predicted octanol–water partition coefficient (Wildman–Crippen LogP) is 4.04. The molecule has 2 aromatic rings. The van der Waals surface area contributed by atoms with Crippen LogP contribution in [0, 0.1) is 0 Å². The van der Waals surface area contributed by atoms with Crippen molar-refractivity contribution in [2.24, 2.45) is 0 Å². The zero-order valence-electron chi connectivity index (χ0n) is 40.3. The van der Waals surface area contributed by atoms with E-state index in [-0.39, 0.29) is 157 Å². The first-order valence-electron chi connectivity index (χ1n) is 20.0. The van der Waals surface area contributed by atoms with E-state index in [1.807, 2.05) is 20.8 Å². The number of esters is 1. The van der Waals surface area contributed by atoms with E-state index in [2.05, 4.69) is 35.6 Å². The van der Waals surface area contributed by atoms with E-state index >= 15 is 0 Å². The van der Waals surface area contributed by atoms with Gasteiger partial charge in [0.05, 0.1) is 15.1 Å². The molecule has 0 unspecified atom stereocenters. The van der Waals surface area contributed by atoms with Crippen LogP contribution in [0.2, 0.25) is 0 Å². The van der Waals surface area contributed by atoms with Gasteiger partial charge in [-0.1, -0.05) is 48.0 Å². The van der Waals surface area contributed by atoms with E-state index in [0.29, 0.717) is 19.6 Å². The Labute approximate surface area is 473 Å². The summed E-state index contributed by atoms with van der Waals surface area (Å²) in [4.78, 5) is 34.0. The summed E-state index contributed by atoms with van der Waals surface area (Å²) in [5.74, 6) is -1.13. The van der Waals surface area contributed by atoms with E-state index < -0.39 is 44.4 Å². The summed E-state index contributed by atoms with van der Waals surface area (Å²) in [7, 11) is -1.00. The molecule has 0 saturated carbocycles. The number of benzene rings is 2. The van der Waals surface area contributed by atoms with Crippen LogP contribution in [0.25, 0.3) is 0 Å². The average Bonchev–Trinajstić information content (AvgIpc) is 3.14. The molecule has 0 bridgehead atoms. The van der Waals surface area contributed by atoms with E-state index in [0.717, 1.165) is 68.1 Å². The first kappa shape index (κ1) is 70.2. The van der Waals surface area contributed by atoms with Crippen molar-refractivity contribution in [3.63, 3.8) is 0 Å². The van der Waals surface area contributed by atoms with Crippen LogP contribution in [0.1, 0.15) is 109 Å². The molecular weight excluding hydrogens is 1010 g/mol. The van der Waals surface area contributed by atoms with E-state index in [4.69, 9.17) is 35.8 Å². The molecule has 0 aromatic heterocycles. The summed E-state index contributed by atoms with van der Waals surface area (Å²) in [5.41, 5.74) is -0.863. The minimum Gasteiger partial charge on any atom is -1.00 e. The van der Waals surface area contributed by atoms with Crippen LogP contribution in [0.5, 0.6) is 34.5 Å². The van der Waals surface area contributed by atoms with Crippen molar-refractivity contribution in [2.45, 2.75) is 129 Å². The van der Waals surface area contributed by atoms with Crippen molar-refractivity contribution >= 4 is 34.5 Å². The number of aromatic hydroxyl groups is 3. The Morgan fingerprint density at radius 2 is 1.08 bits per heavy atom. The van der Waals surface area contributed by atoms with Gasteiger partial charge in [-0.2, -0.15) is 26.3 Å². The molecular formula is C41H63BrF7K2NO13. The molecule has 2 aromatic carbocycles. The van der Waals surface area contributed by atoms with Crippen molar-refractivity contribution in [1.29, 1.82) is 0 Å². The molecule has 1 amide bonds. The van der Waals surface area contributed by atoms with Crippen molar-refractivity contribution in [2.75, 3.05) is 38.8 Å². The Bertz CT molecular complexity index is 1530. The number of unbranched alkanes of at least 4 members (excludes halogenated alkanes) is 7. The van der Waals surface area contributed by atoms with Crippen LogP contribution in [0.3, 0.4) is 0 Å². The van der Waals surface area contributed by atoms with Gasteiger partial charge in [0.2, 0.25) is 0 Å². The Morgan fingerprint density at radius 1 is 0.692 bits per heavy atom. The quantitative estimate of drug-likeness (QED) is 0.0217. The molecule has 0 fully saturated rings. The second kappa shape index (κ2) is 41.6. The SMILES string of the molecule is CC(C)(C)OC(=O)CCCCCCCBr.CC(C)(C)OC(=O)NCCCCCCOc1cc(O)cc(OCC(F)(F)F)c1.O=CO[O-].Oc1cc(O)cc(OCC(F)(F)F)c1.[2H]CF.[H-].[K+].[K+]. The number of hydrogen-bond donors (Lipinski definition) is 4. The number of alkyl halides is 8. The molecule has 0 aliphatic heterocycles. The summed E-state index contributed by atoms with van der Waals surface area (Å²) < 4.78 is 112. The molecule has 0 aliphatic rings. The smallest absolute Gasteiger partial charge is 1.00 e. The summed E-state index contributed by atoms with van der Waals surface area (Å²) in [6, 6.07) is 6.65. The fraction of sp³-hybridized carbons (Fsp3) is 0.634. The van der Waals surface area contributed by atoms with E-state index in [9.17, 15) is 45.4 Å². The number of nitrogens with one attached hydrogen (secondary N) is 1. The van der Waals surface area contributed by atoms with Crippen LogP contribution in [-0.2, 0) is 24.0 Å². The molecule has 65 heavy (non-hydrogen) atoms. The number of alkyl carbamates (subject to hydrolysis) is 1. The average molecular weight is 1070 g/mol. The third kappa shape index (κ3) is 55.2. The fourth-order valence-electron chi connectivity index (χ4n) is 4.27. The molecule has 368 valence electrons. The Balaban J connectivity index is -0.000000203. The summed E-state index contributed by atoms with van der Waals surface area (Å²) in [6.45, 7) is 8.88. The van der Waals surface area contributed by atoms with E-state index in [1.165, 1.54) is 31.4 Å². The van der Waals surface area contributed by atoms with Crippen molar-refractivity contribution < 1.29 is 200 Å². The summed E-state index contributed by atoms with van der Waals surface area (Å²) in [6.07, 6.45) is 0.247. The number of rotatable bonds is 20. The third-order valence-corrected chi connectivity index (χ3v) is 7.09.